The van der Waals surface area contributed by atoms with Crippen molar-refractivity contribution in [3.05, 3.63) is 192 Å². The van der Waals surface area contributed by atoms with Crippen molar-refractivity contribution in [3.63, 3.8) is 0 Å². The van der Waals surface area contributed by atoms with Crippen molar-refractivity contribution in [2.45, 2.75) is 85.4 Å². The van der Waals surface area contributed by atoms with Gasteiger partial charge in [-0.1, -0.05) is 172 Å². The molecule has 0 saturated carbocycles. The van der Waals surface area contributed by atoms with Crippen molar-refractivity contribution in [1.29, 1.82) is 0 Å². The van der Waals surface area contributed by atoms with Crippen molar-refractivity contribution in [1.82, 2.24) is 14.5 Å². The van der Waals surface area contributed by atoms with Crippen LogP contribution in [0.3, 0.4) is 0 Å². The number of hydrogen-bond acceptors (Lipinski definition) is 3. The standard InChI is InChI=1S/C61H59N3O/c1-39-33-52(42-25-29-47(30-26-42)60(5,6)7)55(38-51(39)41-17-12-11-13-18-41)64-54-21-16-20-49(57(54)63-58(64)50-19-14-15-22-56(50)65)44-34-45(36-48(35-44)61(8,9)10)53-37-43(31-32-62-53)40-23-27-46(28-24-40)59(2,3)4/h11-38,65H,1-10H3/i1D3. The van der Waals surface area contributed by atoms with Crippen molar-refractivity contribution >= 4 is 11.0 Å². The quantitative estimate of drug-likeness (QED) is 0.174. The molecule has 4 nitrogen and oxygen atoms in total. The van der Waals surface area contributed by atoms with E-state index in [4.69, 9.17) is 14.1 Å². The molecular weight excluding hydrogens is 791 g/mol. The average molecular weight is 853 g/mol. The van der Waals surface area contributed by atoms with Crippen LogP contribution in [0.15, 0.2) is 170 Å². The smallest absolute Gasteiger partial charge is 0.149 e. The van der Waals surface area contributed by atoms with Crippen molar-refractivity contribution in [2.24, 2.45) is 0 Å². The molecule has 1 N–H and O–H groups in total. The summed E-state index contributed by atoms with van der Waals surface area (Å²) < 4.78 is 28.6. The Bertz CT molecular complexity index is 3310. The summed E-state index contributed by atoms with van der Waals surface area (Å²) in [5.74, 6) is 0.609. The van der Waals surface area contributed by atoms with Gasteiger partial charge in [0.05, 0.1) is 28.0 Å². The van der Waals surface area contributed by atoms with Gasteiger partial charge in [0, 0.05) is 27.0 Å². The Morgan fingerprint density at radius 3 is 1.71 bits per heavy atom. The zero-order valence-electron chi connectivity index (χ0n) is 42.0. The lowest BCUT2D eigenvalue weighted by atomic mass is 9.83. The second-order valence-corrected chi connectivity index (χ2v) is 20.4. The van der Waals surface area contributed by atoms with Crippen LogP contribution in [0, 0.1) is 6.85 Å². The van der Waals surface area contributed by atoms with Crippen LogP contribution in [0.5, 0.6) is 5.75 Å². The van der Waals surface area contributed by atoms with E-state index in [0.717, 1.165) is 72.5 Å². The molecule has 65 heavy (non-hydrogen) atoms. The summed E-state index contributed by atoms with van der Waals surface area (Å²) in [6.07, 6.45) is 1.89. The van der Waals surface area contributed by atoms with Crippen LogP contribution in [0.25, 0.3) is 83.9 Å². The second kappa shape index (κ2) is 16.5. The van der Waals surface area contributed by atoms with Crippen molar-refractivity contribution in [2.75, 3.05) is 0 Å². The highest BCUT2D eigenvalue weighted by Gasteiger charge is 2.25. The molecular formula is C61H59N3O. The third-order valence-corrected chi connectivity index (χ3v) is 12.6. The number of nitrogens with zero attached hydrogens (tertiary/aromatic N) is 3. The lowest BCUT2D eigenvalue weighted by Gasteiger charge is -2.22. The Morgan fingerprint density at radius 1 is 0.462 bits per heavy atom. The van der Waals surface area contributed by atoms with Gasteiger partial charge in [0.15, 0.2) is 0 Å². The summed E-state index contributed by atoms with van der Waals surface area (Å²) in [5, 5.41) is 11.6. The van der Waals surface area contributed by atoms with Crippen LogP contribution in [-0.2, 0) is 16.2 Å². The maximum atomic E-state index is 11.6. The summed E-state index contributed by atoms with van der Waals surface area (Å²) in [6, 6.07) is 55.2. The molecule has 9 aromatic rings. The predicted molar refractivity (Wildman–Crippen MR) is 274 cm³/mol. The van der Waals surface area contributed by atoms with Crippen LogP contribution in [0.2, 0.25) is 0 Å². The SMILES string of the molecule is [2H]C([2H])([2H])c1cc(-c2ccc(C(C)(C)C)cc2)c(-n2c(-c3ccccc3O)nc3c(-c4cc(-c5cc(-c6ccc(C(C)(C)C)cc6)ccn5)cc(C(C)(C)C)c4)cccc32)cc1-c1ccccc1. The molecule has 0 radical (unpaired) electrons. The molecule has 2 heterocycles. The fourth-order valence-electron chi connectivity index (χ4n) is 8.72. The minimum Gasteiger partial charge on any atom is -0.507 e. The number of aromatic hydroxyl groups is 1. The topological polar surface area (TPSA) is 50.9 Å². The Balaban J connectivity index is 1.31. The lowest BCUT2D eigenvalue weighted by molar-refractivity contribution is 0.477. The number of fused-ring (bicyclic) bond motifs is 1. The van der Waals surface area contributed by atoms with Gasteiger partial charge in [-0.05, 0) is 133 Å². The average Bonchev–Trinajstić information content (AvgIpc) is 3.70. The fraction of sp³-hybridized carbons (Fsp3) is 0.213. The first-order valence-corrected chi connectivity index (χ1v) is 22.5. The molecule has 0 aliphatic carbocycles. The van der Waals surface area contributed by atoms with Gasteiger partial charge in [0.2, 0.25) is 0 Å². The van der Waals surface area contributed by atoms with E-state index in [0.29, 0.717) is 17.0 Å². The lowest BCUT2D eigenvalue weighted by Crippen LogP contribution is -2.11. The summed E-state index contributed by atoms with van der Waals surface area (Å²) in [4.78, 5) is 10.4. The first kappa shape index (κ1) is 39.5. The highest BCUT2D eigenvalue weighted by atomic mass is 16.3. The Morgan fingerprint density at radius 2 is 1.06 bits per heavy atom. The highest BCUT2D eigenvalue weighted by molar-refractivity contribution is 5.98. The van der Waals surface area contributed by atoms with Gasteiger partial charge < -0.3 is 5.11 Å². The third-order valence-electron chi connectivity index (χ3n) is 12.6. The van der Waals surface area contributed by atoms with Crippen LogP contribution >= 0.6 is 0 Å². The first-order chi connectivity index (χ1) is 32.1. The second-order valence-electron chi connectivity index (χ2n) is 20.4. The van der Waals surface area contributed by atoms with E-state index < -0.39 is 6.85 Å². The molecule has 0 spiro atoms. The molecule has 0 atom stereocenters. The number of rotatable bonds is 7. The number of aryl methyl sites for hydroxylation is 1. The van der Waals surface area contributed by atoms with Crippen LogP contribution in [0.4, 0.5) is 0 Å². The number of para-hydroxylation sites is 2. The number of benzene rings is 7. The minimum absolute atomic E-state index is 0.0583. The van der Waals surface area contributed by atoms with Crippen molar-refractivity contribution in [3.8, 4) is 78.6 Å². The summed E-state index contributed by atoms with van der Waals surface area (Å²) in [7, 11) is 0. The molecule has 4 heteroatoms. The molecule has 0 aliphatic heterocycles. The number of phenolic OH excluding ortho intramolecular Hbond substituents is 1. The van der Waals surface area contributed by atoms with Crippen LogP contribution in [0.1, 0.15) is 88.7 Å². The number of phenols is 1. The van der Waals surface area contributed by atoms with E-state index in [1.807, 2.05) is 66.9 Å². The maximum Gasteiger partial charge on any atom is 0.149 e. The van der Waals surface area contributed by atoms with E-state index in [9.17, 15) is 5.11 Å². The molecule has 9 rings (SSSR count). The van der Waals surface area contributed by atoms with E-state index >= 15 is 0 Å². The van der Waals surface area contributed by atoms with E-state index in [-0.39, 0.29) is 27.6 Å². The molecule has 0 fully saturated rings. The van der Waals surface area contributed by atoms with Gasteiger partial charge in [-0.15, -0.1) is 0 Å². The summed E-state index contributed by atoms with van der Waals surface area (Å²) in [6.45, 7) is 17.5. The van der Waals surface area contributed by atoms with Crippen LogP contribution < -0.4 is 0 Å². The molecule has 0 bridgehead atoms. The predicted octanol–water partition coefficient (Wildman–Crippen LogP) is 16.3. The number of hydrogen-bond donors (Lipinski definition) is 1. The number of pyridine rings is 1. The fourth-order valence-corrected chi connectivity index (χ4v) is 8.72. The molecule has 0 unspecified atom stereocenters. The Hall–Kier alpha value is -7.04. The Labute approximate surface area is 389 Å². The van der Waals surface area contributed by atoms with Crippen molar-refractivity contribution < 1.29 is 9.22 Å². The van der Waals surface area contributed by atoms with Gasteiger partial charge in [-0.3, -0.25) is 9.55 Å². The molecule has 0 saturated heterocycles. The molecule has 324 valence electrons. The van der Waals surface area contributed by atoms with Gasteiger partial charge in [-0.25, -0.2) is 4.98 Å². The zero-order chi connectivity index (χ0) is 48.3. The number of imidazole rings is 1. The van der Waals surface area contributed by atoms with Gasteiger partial charge in [0.1, 0.15) is 11.6 Å². The normalized spacial score (nSPS) is 13.1. The number of aromatic nitrogens is 3. The summed E-state index contributed by atoms with van der Waals surface area (Å²) >= 11 is 0. The van der Waals surface area contributed by atoms with E-state index in [2.05, 4.69) is 164 Å². The van der Waals surface area contributed by atoms with Gasteiger partial charge in [-0.2, -0.15) is 0 Å². The van der Waals surface area contributed by atoms with Crippen LogP contribution in [-0.4, -0.2) is 19.6 Å². The molecule has 7 aromatic carbocycles. The largest absolute Gasteiger partial charge is 0.507 e. The highest BCUT2D eigenvalue weighted by Crippen LogP contribution is 2.43. The molecule has 0 aliphatic rings. The van der Waals surface area contributed by atoms with E-state index in [1.165, 1.54) is 11.1 Å². The molecule has 2 aromatic heterocycles. The third kappa shape index (κ3) is 8.54. The molecule has 0 amide bonds. The van der Waals surface area contributed by atoms with Gasteiger partial charge >= 0.3 is 0 Å². The maximum absolute atomic E-state index is 11.6. The van der Waals surface area contributed by atoms with E-state index in [1.54, 1.807) is 6.07 Å². The zero-order valence-corrected chi connectivity index (χ0v) is 39.0. The minimum atomic E-state index is -2.42. The Kier molecular flexibility index (Phi) is 10.0. The summed E-state index contributed by atoms with van der Waals surface area (Å²) in [5.41, 5.74) is 15.4. The monoisotopic (exact) mass is 852 g/mol. The van der Waals surface area contributed by atoms with Gasteiger partial charge in [0.25, 0.3) is 0 Å². The first-order valence-electron chi connectivity index (χ1n) is 24.0.